The first-order chi connectivity index (χ1) is 17.4. The number of hydrogen-bond acceptors (Lipinski definition) is 6. The Morgan fingerprint density at radius 2 is 1.34 bits per heavy atom. The molecule has 0 saturated carbocycles. The zero-order valence-electron chi connectivity index (χ0n) is 21.1. The molecule has 4 rings (SSSR count). The second-order valence-corrected chi connectivity index (χ2v) is 10.9. The number of aliphatic carboxylic acids is 1. The van der Waals surface area contributed by atoms with Crippen LogP contribution in [0.15, 0.2) is 45.3 Å². The summed E-state index contributed by atoms with van der Waals surface area (Å²) < 4.78 is 15.1. The van der Waals surface area contributed by atoms with Crippen LogP contribution < -0.4 is 0 Å². The lowest BCUT2D eigenvalue weighted by Gasteiger charge is -2.35. The lowest BCUT2D eigenvalue weighted by Crippen LogP contribution is -2.49. The molecule has 1 aromatic heterocycles. The first kappa shape index (κ1) is 33.3. The third-order valence-corrected chi connectivity index (χ3v) is 7.49. The molecule has 1 aliphatic heterocycles. The molecule has 38 heavy (non-hydrogen) atoms. The minimum Gasteiger partial charge on any atom is -0.481 e. The lowest BCUT2D eigenvalue weighted by atomic mass is 10.2. The van der Waals surface area contributed by atoms with Gasteiger partial charge in [-0.05, 0) is 36.4 Å². The van der Waals surface area contributed by atoms with Gasteiger partial charge in [-0.2, -0.15) is 0 Å². The van der Waals surface area contributed by atoms with Gasteiger partial charge in [-0.1, -0.05) is 31.9 Å². The van der Waals surface area contributed by atoms with Gasteiger partial charge >= 0.3 is 5.97 Å². The zero-order valence-corrected chi connectivity index (χ0v) is 25.9. The maximum Gasteiger partial charge on any atom is 0.305 e. The summed E-state index contributed by atoms with van der Waals surface area (Å²) in [5.41, 5.74) is 2.25. The predicted octanol–water partition coefficient (Wildman–Crippen LogP) is 4.65. The van der Waals surface area contributed by atoms with E-state index in [-0.39, 0.29) is 37.8 Å². The Morgan fingerprint density at radius 3 is 1.89 bits per heavy atom. The number of fused-ring (bicyclic) bond motifs is 3. The van der Waals surface area contributed by atoms with Crippen LogP contribution in [-0.4, -0.2) is 102 Å². The first-order valence-corrected chi connectivity index (χ1v) is 13.9. The summed E-state index contributed by atoms with van der Waals surface area (Å²) >= 11 is 7.18. The van der Waals surface area contributed by atoms with Gasteiger partial charge in [0.15, 0.2) is 0 Å². The Kier molecular flexibility index (Phi) is 14.3. The van der Waals surface area contributed by atoms with Crippen LogP contribution in [0.2, 0.25) is 0 Å². The number of ether oxygens (including phenoxy) is 2. The monoisotopic (exact) mass is 697 g/mol. The minimum absolute atomic E-state index is 0. The Morgan fingerprint density at radius 1 is 0.816 bits per heavy atom. The van der Waals surface area contributed by atoms with Gasteiger partial charge in [0.2, 0.25) is 0 Å². The van der Waals surface area contributed by atoms with Crippen LogP contribution in [0.25, 0.3) is 21.8 Å². The molecule has 212 valence electrons. The average molecular weight is 700 g/mol. The fraction of sp³-hybridized carbons (Fsp3) is 0.500. The van der Waals surface area contributed by atoms with E-state index in [1.165, 1.54) is 10.8 Å². The number of carboxylic acid groups (broad SMARTS) is 1. The number of piperazine rings is 1. The van der Waals surface area contributed by atoms with Crippen molar-refractivity contribution in [1.82, 2.24) is 14.4 Å². The van der Waals surface area contributed by atoms with Crippen molar-refractivity contribution in [3.05, 3.63) is 45.3 Å². The molecule has 2 aromatic carbocycles. The van der Waals surface area contributed by atoms with E-state index in [0.29, 0.717) is 32.9 Å². The molecule has 1 atom stereocenters. The number of carbonyl (C=O) groups is 1. The van der Waals surface area contributed by atoms with E-state index < -0.39 is 12.1 Å². The molecule has 2 N–H and O–H groups in total. The molecular weight excluding hydrogens is 665 g/mol. The van der Waals surface area contributed by atoms with Crippen molar-refractivity contribution < 1.29 is 24.5 Å². The SMILES string of the molecule is Cl.Cl.O=C(O)CCOCCOCCN1CCN(C[C@@H](O)Cn2c3ccc(Br)cc3c3cc(Br)ccc32)CC1. The summed E-state index contributed by atoms with van der Waals surface area (Å²) in [6, 6.07) is 12.6. The van der Waals surface area contributed by atoms with Crippen molar-refractivity contribution in [1.29, 1.82) is 0 Å². The van der Waals surface area contributed by atoms with Crippen LogP contribution in [0.3, 0.4) is 0 Å². The minimum atomic E-state index is -0.851. The average Bonchev–Trinajstić information content (AvgIpc) is 3.13. The van der Waals surface area contributed by atoms with Crippen LogP contribution in [0.5, 0.6) is 0 Å². The standard InChI is InChI=1S/C26H33Br2N3O5.2ClH/c27-19-1-3-24-22(15-19)23-16-20(28)2-4-25(23)31(24)18-21(32)17-30-8-6-29(7-9-30)10-12-36-14-13-35-11-5-26(33)34;;/h1-4,15-16,21,32H,5-14,17-18H2,(H,33,34);2*1H/t21-;;/m1../s1. The van der Waals surface area contributed by atoms with Gasteiger partial charge in [0.25, 0.3) is 0 Å². The fourth-order valence-corrected chi connectivity index (χ4v) is 5.40. The molecule has 1 aliphatic rings. The highest BCUT2D eigenvalue weighted by Crippen LogP contribution is 2.33. The number of halogens is 4. The molecular formula is C26H35Br2Cl2N3O5. The predicted molar refractivity (Wildman–Crippen MR) is 162 cm³/mol. The smallest absolute Gasteiger partial charge is 0.305 e. The van der Waals surface area contributed by atoms with Gasteiger partial charge in [0.1, 0.15) is 0 Å². The van der Waals surface area contributed by atoms with Crippen LogP contribution in [0.4, 0.5) is 0 Å². The largest absolute Gasteiger partial charge is 0.481 e. The van der Waals surface area contributed by atoms with E-state index in [4.69, 9.17) is 14.6 Å². The molecule has 8 nitrogen and oxygen atoms in total. The third-order valence-electron chi connectivity index (χ3n) is 6.50. The van der Waals surface area contributed by atoms with Gasteiger partial charge < -0.3 is 24.3 Å². The number of aliphatic hydroxyl groups excluding tert-OH is 1. The number of carboxylic acids is 1. The molecule has 1 saturated heterocycles. The number of rotatable bonds is 13. The van der Waals surface area contributed by atoms with Crippen LogP contribution in [0, 0.1) is 0 Å². The number of aliphatic hydroxyl groups is 1. The summed E-state index contributed by atoms with van der Waals surface area (Å²) in [5, 5.41) is 21.9. The summed E-state index contributed by atoms with van der Waals surface area (Å²) in [6.45, 7) is 7.53. The summed E-state index contributed by atoms with van der Waals surface area (Å²) in [7, 11) is 0. The van der Waals surface area contributed by atoms with Crippen molar-refractivity contribution in [2.24, 2.45) is 0 Å². The lowest BCUT2D eigenvalue weighted by molar-refractivity contribution is -0.138. The molecule has 0 bridgehead atoms. The number of hydrogen-bond donors (Lipinski definition) is 2. The van der Waals surface area contributed by atoms with Gasteiger partial charge in [-0.3, -0.25) is 14.6 Å². The van der Waals surface area contributed by atoms with Crippen molar-refractivity contribution in [3.8, 4) is 0 Å². The second kappa shape index (κ2) is 16.3. The van der Waals surface area contributed by atoms with E-state index in [1.807, 2.05) is 0 Å². The second-order valence-electron chi connectivity index (χ2n) is 9.10. The van der Waals surface area contributed by atoms with Gasteiger partial charge in [-0.25, -0.2) is 0 Å². The number of nitrogens with zero attached hydrogens (tertiary/aromatic N) is 3. The summed E-state index contributed by atoms with van der Waals surface area (Å²) in [5.74, 6) is -0.851. The Bertz CT molecular complexity index is 1120. The first-order valence-electron chi connectivity index (χ1n) is 12.3. The fourth-order valence-electron chi connectivity index (χ4n) is 4.68. The number of benzene rings is 2. The van der Waals surface area contributed by atoms with E-state index in [2.05, 4.69) is 82.6 Å². The van der Waals surface area contributed by atoms with Crippen molar-refractivity contribution in [2.45, 2.75) is 19.1 Å². The molecule has 12 heteroatoms. The normalized spacial score (nSPS) is 15.3. The highest BCUT2D eigenvalue weighted by molar-refractivity contribution is 9.10. The van der Waals surface area contributed by atoms with Crippen molar-refractivity contribution >= 4 is 84.4 Å². The maximum atomic E-state index is 11.0. The van der Waals surface area contributed by atoms with Gasteiger partial charge in [0, 0.05) is 70.0 Å². The summed E-state index contributed by atoms with van der Waals surface area (Å²) in [4.78, 5) is 15.1. The van der Waals surface area contributed by atoms with E-state index >= 15 is 0 Å². The van der Waals surface area contributed by atoms with Crippen LogP contribution >= 0.6 is 56.7 Å². The van der Waals surface area contributed by atoms with Crippen molar-refractivity contribution in [2.75, 3.05) is 65.7 Å². The number of aromatic nitrogens is 1. The van der Waals surface area contributed by atoms with Gasteiger partial charge in [-0.15, -0.1) is 24.8 Å². The molecule has 0 spiro atoms. The molecule has 3 aromatic rings. The molecule has 0 amide bonds. The molecule has 2 heterocycles. The van der Waals surface area contributed by atoms with Crippen LogP contribution in [0.1, 0.15) is 6.42 Å². The molecule has 1 fully saturated rings. The highest BCUT2D eigenvalue weighted by atomic mass is 79.9. The van der Waals surface area contributed by atoms with E-state index in [9.17, 15) is 9.90 Å². The topological polar surface area (TPSA) is 87.4 Å². The maximum absolute atomic E-state index is 11.0. The number of β-amino-alcohol motifs (C(OH)–C–C–N with tert-alkyl or cyclic N) is 1. The third kappa shape index (κ3) is 9.31. The Balaban J connectivity index is 0.00000253. The molecule has 0 unspecified atom stereocenters. The molecule has 0 radical (unpaired) electrons. The van der Waals surface area contributed by atoms with Crippen LogP contribution in [-0.2, 0) is 20.8 Å². The quantitative estimate of drug-likeness (QED) is 0.251. The Labute approximate surface area is 252 Å². The Hall–Kier alpha value is -0.950. The van der Waals surface area contributed by atoms with Crippen molar-refractivity contribution in [3.63, 3.8) is 0 Å². The molecule has 0 aliphatic carbocycles. The van der Waals surface area contributed by atoms with E-state index in [1.54, 1.807) is 0 Å². The highest BCUT2D eigenvalue weighted by Gasteiger charge is 2.21. The summed E-state index contributed by atoms with van der Waals surface area (Å²) in [6.07, 6.45) is -0.444. The zero-order chi connectivity index (χ0) is 25.5. The van der Waals surface area contributed by atoms with E-state index in [0.717, 1.165) is 52.7 Å². The van der Waals surface area contributed by atoms with Gasteiger partial charge in [0.05, 0.1) is 45.5 Å².